The number of ether oxygens (including phenoxy) is 1. The summed E-state index contributed by atoms with van der Waals surface area (Å²) in [5, 5.41) is 2.60. The third-order valence-corrected chi connectivity index (χ3v) is 4.97. The summed E-state index contributed by atoms with van der Waals surface area (Å²) in [4.78, 5) is 40.4. The standard InChI is InChI=1S/C22H24FN3O4/c1-25(13-20(27)24-18-9-5-8-17(23)11-18)14-21(28)26-12-16-7-4-3-6-15(16)10-19(26)22(29)30-2/h3-9,11,19H,10,12-14H2,1-2H3,(H,24,27)/t19-/m1/s1. The van der Waals surface area contributed by atoms with E-state index in [2.05, 4.69) is 5.32 Å². The van der Waals surface area contributed by atoms with Crippen LogP contribution >= 0.6 is 0 Å². The third kappa shape index (κ3) is 5.21. The monoisotopic (exact) mass is 413 g/mol. The van der Waals surface area contributed by atoms with E-state index in [1.807, 2.05) is 24.3 Å². The normalized spacial score (nSPS) is 15.5. The van der Waals surface area contributed by atoms with Crippen molar-refractivity contribution in [2.24, 2.45) is 0 Å². The van der Waals surface area contributed by atoms with E-state index >= 15 is 0 Å². The first-order valence-electron chi connectivity index (χ1n) is 9.55. The van der Waals surface area contributed by atoms with Crippen LogP contribution in [0.15, 0.2) is 48.5 Å². The van der Waals surface area contributed by atoms with Crippen LogP contribution in [0.3, 0.4) is 0 Å². The largest absolute Gasteiger partial charge is 0.467 e. The van der Waals surface area contributed by atoms with Crippen molar-refractivity contribution in [3.05, 3.63) is 65.5 Å². The molecule has 158 valence electrons. The number of halogens is 1. The van der Waals surface area contributed by atoms with Crippen LogP contribution in [0.25, 0.3) is 0 Å². The highest BCUT2D eigenvalue weighted by atomic mass is 19.1. The zero-order valence-corrected chi connectivity index (χ0v) is 16.9. The molecule has 3 rings (SSSR count). The molecule has 0 saturated heterocycles. The van der Waals surface area contributed by atoms with E-state index < -0.39 is 17.8 Å². The Morgan fingerprint density at radius 3 is 2.57 bits per heavy atom. The van der Waals surface area contributed by atoms with Crippen molar-refractivity contribution >= 4 is 23.5 Å². The van der Waals surface area contributed by atoms with Gasteiger partial charge in [0.15, 0.2) is 0 Å². The summed E-state index contributed by atoms with van der Waals surface area (Å²) in [5.74, 6) is -1.56. The van der Waals surface area contributed by atoms with E-state index in [4.69, 9.17) is 4.74 Å². The Morgan fingerprint density at radius 1 is 1.13 bits per heavy atom. The SMILES string of the molecule is COC(=O)[C@H]1Cc2ccccc2CN1C(=O)CN(C)CC(=O)Nc1cccc(F)c1. The van der Waals surface area contributed by atoms with Gasteiger partial charge in [-0.2, -0.15) is 0 Å². The Balaban J connectivity index is 1.63. The minimum atomic E-state index is -0.702. The molecule has 1 aliphatic rings. The number of hydrogen-bond donors (Lipinski definition) is 1. The average Bonchev–Trinajstić information content (AvgIpc) is 2.71. The number of nitrogens with one attached hydrogen (secondary N) is 1. The number of nitrogens with zero attached hydrogens (tertiary/aromatic N) is 2. The minimum Gasteiger partial charge on any atom is -0.467 e. The molecule has 1 N–H and O–H groups in total. The topological polar surface area (TPSA) is 79.0 Å². The summed E-state index contributed by atoms with van der Waals surface area (Å²) in [5.41, 5.74) is 2.34. The predicted octanol–water partition coefficient (Wildman–Crippen LogP) is 1.82. The van der Waals surface area contributed by atoms with E-state index in [1.165, 1.54) is 30.2 Å². The fraction of sp³-hybridized carbons (Fsp3) is 0.318. The van der Waals surface area contributed by atoms with Gasteiger partial charge in [0, 0.05) is 18.7 Å². The van der Waals surface area contributed by atoms with Gasteiger partial charge in [-0.1, -0.05) is 30.3 Å². The zero-order chi connectivity index (χ0) is 21.7. The first kappa shape index (κ1) is 21.4. The molecular formula is C22H24FN3O4. The number of amides is 2. The van der Waals surface area contributed by atoms with Crippen molar-refractivity contribution in [3.63, 3.8) is 0 Å². The number of likely N-dealkylation sites (N-methyl/N-ethyl adjacent to an activating group) is 1. The number of carbonyl (C=O) groups is 3. The average molecular weight is 413 g/mol. The van der Waals surface area contributed by atoms with Crippen LogP contribution in [-0.2, 0) is 32.1 Å². The van der Waals surface area contributed by atoms with Gasteiger partial charge in [-0.15, -0.1) is 0 Å². The minimum absolute atomic E-state index is 0.0494. The summed E-state index contributed by atoms with van der Waals surface area (Å²) >= 11 is 0. The molecule has 30 heavy (non-hydrogen) atoms. The van der Waals surface area contributed by atoms with Crippen LogP contribution in [0, 0.1) is 5.82 Å². The van der Waals surface area contributed by atoms with Crippen LogP contribution < -0.4 is 5.32 Å². The van der Waals surface area contributed by atoms with Gasteiger partial charge in [-0.3, -0.25) is 14.5 Å². The molecule has 0 unspecified atom stereocenters. The number of methoxy groups -OCH3 is 1. The Kier molecular flexibility index (Phi) is 6.79. The van der Waals surface area contributed by atoms with Gasteiger partial charge in [-0.05, 0) is 36.4 Å². The lowest BCUT2D eigenvalue weighted by Crippen LogP contribution is -2.52. The molecule has 0 radical (unpaired) electrons. The molecule has 0 aliphatic carbocycles. The number of fused-ring (bicyclic) bond motifs is 1. The van der Waals surface area contributed by atoms with Crippen LogP contribution in [0.4, 0.5) is 10.1 Å². The van der Waals surface area contributed by atoms with Crippen molar-refractivity contribution in [2.45, 2.75) is 19.0 Å². The van der Waals surface area contributed by atoms with Crippen molar-refractivity contribution < 1.29 is 23.5 Å². The molecule has 7 nitrogen and oxygen atoms in total. The van der Waals surface area contributed by atoms with E-state index in [0.717, 1.165) is 11.1 Å². The van der Waals surface area contributed by atoms with E-state index in [1.54, 1.807) is 18.0 Å². The summed E-state index contributed by atoms with van der Waals surface area (Å²) in [7, 11) is 2.93. The molecule has 1 aliphatic heterocycles. The van der Waals surface area contributed by atoms with E-state index in [-0.39, 0.29) is 24.9 Å². The molecule has 0 fully saturated rings. The molecule has 0 saturated carbocycles. The Hall–Kier alpha value is -3.26. The van der Waals surface area contributed by atoms with Crippen molar-refractivity contribution in [2.75, 3.05) is 32.6 Å². The lowest BCUT2D eigenvalue weighted by Gasteiger charge is -2.36. The quantitative estimate of drug-likeness (QED) is 0.731. The maximum atomic E-state index is 13.2. The Labute approximate surface area is 174 Å². The first-order chi connectivity index (χ1) is 14.4. The van der Waals surface area contributed by atoms with Crippen LogP contribution in [0.5, 0.6) is 0 Å². The predicted molar refractivity (Wildman–Crippen MR) is 109 cm³/mol. The zero-order valence-electron chi connectivity index (χ0n) is 16.9. The van der Waals surface area contributed by atoms with Crippen LogP contribution in [0.1, 0.15) is 11.1 Å². The molecule has 2 aromatic carbocycles. The summed E-state index contributed by atoms with van der Waals surface area (Å²) < 4.78 is 18.1. The van der Waals surface area contributed by atoms with Crippen LogP contribution in [0.2, 0.25) is 0 Å². The van der Waals surface area contributed by atoms with E-state index in [0.29, 0.717) is 18.7 Å². The molecule has 1 atom stereocenters. The smallest absolute Gasteiger partial charge is 0.328 e. The molecule has 0 aromatic heterocycles. The van der Waals surface area contributed by atoms with Crippen LogP contribution in [-0.4, -0.2) is 60.9 Å². The molecule has 0 spiro atoms. The summed E-state index contributed by atoms with van der Waals surface area (Å²) in [6, 6.07) is 12.5. The summed E-state index contributed by atoms with van der Waals surface area (Å²) in [6.07, 6.45) is 0.387. The second kappa shape index (κ2) is 9.49. The fourth-order valence-electron chi connectivity index (χ4n) is 3.52. The molecule has 8 heteroatoms. The van der Waals surface area contributed by atoms with Gasteiger partial charge in [0.05, 0.1) is 20.2 Å². The highest BCUT2D eigenvalue weighted by Crippen LogP contribution is 2.24. The summed E-state index contributed by atoms with van der Waals surface area (Å²) in [6.45, 7) is 0.194. The van der Waals surface area contributed by atoms with Gasteiger partial charge in [-0.25, -0.2) is 9.18 Å². The number of carbonyl (C=O) groups excluding carboxylic acids is 3. The highest BCUT2D eigenvalue weighted by molar-refractivity contribution is 5.93. The maximum Gasteiger partial charge on any atom is 0.328 e. The number of esters is 1. The Morgan fingerprint density at radius 2 is 1.87 bits per heavy atom. The van der Waals surface area contributed by atoms with Gasteiger partial charge in [0.1, 0.15) is 11.9 Å². The third-order valence-electron chi connectivity index (χ3n) is 4.97. The molecule has 0 bridgehead atoms. The van der Waals surface area contributed by atoms with Crippen molar-refractivity contribution in [1.29, 1.82) is 0 Å². The number of hydrogen-bond acceptors (Lipinski definition) is 5. The Bertz CT molecular complexity index is 949. The van der Waals surface area contributed by atoms with Crippen molar-refractivity contribution in [1.82, 2.24) is 9.80 Å². The van der Waals surface area contributed by atoms with Gasteiger partial charge < -0.3 is 15.0 Å². The maximum absolute atomic E-state index is 13.2. The molecule has 2 aromatic rings. The first-order valence-corrected chi connectivity index (χ1v) is 9.55. The van der Waals surface area contributed by atoms with Gasteiger partial charge in [0.25, 0.3) is 0 Å². The number of rotatable bonds is 6. The number of benzene rings is 2. The van der Waals surface area contributed by atoms with Gasteiger partial charge >= 0.3 is 5.97 Å². The lowest BCUT2D eigenvalue weighted by atomic mass is 9.94. The highest BCUT2D eigenvalue weighted by Gasteiger charge is 2.35. The lowest BCUT2D eigenvalue weighted by molar-refractivity contribution is -0.154. The van der Waals surface area contributed by atoms with Crippen molar-refractivity contribution in [3.8, 4) is 0 Å². The molecule has 1 heterocycles. The number of anilines is 1. The van der Waals surface area contributed by atoms with Gasteiger partial charge in [0.2, 0.25) is 11.8 Å². The molecular weight excluding hydrogens is 389 g/mol. The van der Waals surface area contributed by atoms with E-state index in [9.17, 15) is 18.8 Å². The second-order valence-electron chi connectivity index (χ2n) is 7.26. The fourth-order valence-corrected chi connectivity index (χ4v) is 3.52. The molecule has 2 amide bonds. The second-order valence-corrected chi connectivity index (χ2v) is 7.26.